The Hall–Kier alpha value is -0.940. The largest absolute Gasteiger partial charge is 0.319 e. The van der Waals surface area contributed by atoms with Gasteiger partial charge in [0, 0.05) is 5.38 Å². The summed E-state index contributed by atoms with van der Waals surface area (Å²) in [6, 6.07) is -0.533. The van der Waals surface area contributed by atoms with E-state index in [1.165, 1.54) is 11.3 Å². The van der Waals surface area contributed by atoms with Crippen LogP contribution in [0.5, 0.6) is 0 Å². The van der Waals surface area contributed by atoms with Crippen molar-refractivity contribution in [1.82, 2.24) is 4.98 Å². The zero-order chi connectivity index (χ0) is 13.2. The lowest BCUT2D eigenvalue weighted by atomic mass is 9.87. The van der Waals surface area contributed by atoms with Crippen LogP contribution in [0, 0.1) is 5.41 Å². The van der Waals surface area contributed by atoms with Gasteiger partial charge in [0.05, 0.1) is 11.7 Å². The molecule has 0 spiro atoms. The number of carbonyl (C=O) groups is 1. The molecule has 0 aliphatic carbocycles. The second-order valence-corrected chi connectivity index (χ2v) is 6.42. The number of thiazole rings is 1. The average molecular weight is 255 g/mol. The van der Waals surface area contributed by atoms with Crippen LogP contribution < -0.4 is 11.1 Å². The number of nitrogens with two attached hydrogens (primary N) is 1. The van der Waals surface area contributed by atoms with E-state index in [9.17, 15) is 4.79 Å². The Balaban J connectivity index is 2.68. The van der Waals surface area contributed by atoms with E-state index in [2.05, 4.69) is 24.1 Å². The molecule has 17 heavy (non-hydrogen) atoms. The Kier molecular flexibility index (Phi) is 4.27. The Morgan fingerprint density at radius 1 is 1.47 bits per heavy atom. The Labute approximate surface area is 107 Å². The van der Waals surface area contributed by atoms with Crippen molar-refractivity contribution in [3.63, 3.8) is 0 Å². The second-order valence-electron chi connectivity index (χ2n) is 5.57. The Morgan fingerprint density at radius 3 is 2.47 bits per heavy atom. The number of hydrogen-bond acceptors (Lipinski definition) is 4. The van der Waals surface area contributed by atoms with E-state index in [1.807, 2.05) is 26.2 Å². The molecule has 0 aliphatic rings. The van der Waals surface area contributed by atoms with Crippen LogP contribution in [0.2, 0.25) is 0 Å². The minimum atomic E-state index is -0.533. The van der Waals surface area contributed by atoms with Gasteiger partial charge in [-0.15, -0.1) is 11.3 Å². The highest BCUT2D eigenvalue weighted by molar-refractivity contribution is 7.13. The molecule has 1 rings (SSSR count). The molecule has 1 atom stereocenters. The van der Waals surface area contributed by atoms with Crippen LogP contribution in [-0.4, -0.2) is 16.9 Å². The van der Waals surface area contributed by atoms with Crippen molar-refractivity contribution < 1.29 is 4.79 Å². The molecule has 0 fully saturated rings. The van der Waals surface area contributed by atoms with E-state index in [-0.39, 0.29) is 11.3 Å². The lowest BCUT2D eigenvalue weighted by Gasteiger charge is -2.25. The maximum Gasteiger partial charge on any atom is 0.243 e. The summed E-state index contributed by atoms with van der Waals surface area (Å²) < 4.78 is 0. The van der Waals surface area contributed by atoms with Crippen molar-refractivity contribution >= 4 is 22.4 Å². The molecule has 0 radical (unpaired) electrons. The topological polar surface area (TPSA) is 68.0 Å². The number of anilines is 1. The molecule has 1 heterocycles. The maximum absolute atomic E-state index is 11.9. The number of aromatic nitrogens is 1. The Bertz CT molecular complexity index is 393. The predicted molar refractivity (Wildman–Crippen MR) is 72.3 cm³/mol. The van der Waals surface area contributed by atoms with Crippen molar-refractivity contribution in [3.8, 4) is 0 Å². The van der Waals surface area contributed by atoms with Gasteiger partial charge >= 0.3 is 0 Å². The van der Waals surface area contributed by atoms with Crippen LogP contribution >= 0.6 is 11.3 Å². The highest BCUT2D eigenvalue weighted by atomic mass is 32.1. The molecule has 0 saturated heterocycles. The molecule has 5 heteroatoms. The van der Waals surface area contributed by atoms with Gasteiger partial charge in [-0.2, -0.15) is 0 Å². The number of rotatable bonds is 3. The van der Waals surface area contributed by atoms with E-state index < -0.39 is 6.04 Å². The quantitative estimate of drug-likeness (QED) is 0.872. The fourth-order valence-electron chi connectivity index (χ4n) is 1.19. The molecule has 1 amide bonds. The summed E-state index contributed by atoms with van der Waals surface area (Å²) in [7, 11) is 0. The molecule has 0 aromatic carbocycles. The first kappa shape index (κ1) is 14.1. The zero-order valence-corrected chi connectivity index (χ0v) is 11.9. The van der Waals surface area contributed by atoms with Gasteiger partial charge in [0.2, 0.25) is 5.91 Å². The van der Waals surface area contributed by atoms with Gasteiger partial charge in [0.1, 0.15) is 0 Å². The SMILES string of the molecule is CC(C)c1csc(NC(=O)[C@H](N)C(C)(C)C)n1. The monoisotopic (exact) mass is 255 g/mol. The summed E-state index contributed by atoms with van der Waals surface area (Å²) in [6.45, 7) is 9.97. The average Bonchev–Trinajstić information content (AvgIpc) is 2.63. The van der Waals surface area contributed by atoms with E-state index in [0.29, 0.717) is 11.0 Å². The number of nitrogens with one attached hydrogen (secondary N) is 1. The third-order valence-electron chi connectivity index (χ3n) is 2.56. The molecule has 1 aromatic rings. The number of nitrogens with zero attached hydrogens (tertiary/aromatic N) is 1. The van der Waals surface area contributed by atoms with Crippen LogP contribution in [0.25, 0.3) is 0 Å². The van der Waals surface area contributed by atoms with Crippen LogP contribution in [0.15, 0.2) is 5.38 Å². The van der Waals surface area contributed by atoms with Crippen LogP contribution in [0.3, 0.4) is 0 Å². The van der Waals surface area contributed by atoms with Gasteiger partial charge < -0.3 is 11.1 Å². The fourth-order valence-corrected chi connectivity index (χ4v) is 2.06. The van der Waals surface area contributed by atoms with E-state index >= 15 is 0 Å². The van der Waals surface area contributed by atoms with E-state index in [0.717, 1.165) is 5.69 Å². The standard InChI is InChI=1S/C12H21N3OS/c1-7(2)8-6-17-11(14-8)15-10(16)9(13)12(3,4)5/h6-7,9H,13H2,1-5H3,(H,14,15,16)/t9-/m0/s1. The second kappa shape index (κ2) is 5.14. The van der Waals surface area contributed by atoms with Crippen molar-refractivity contribution in [2.24, 2.45) is 11.1 Å². The first-order valence-electron chi connectivity index (χ1n) is 5.73. The molecular formula is C12H21N3OS. The third-order valence-corrected chi connectivity index (χ3v) is 3.34. The Morgan fingerprint density at radius 2 is 2.06 bits per heavy atom. The minimum Gasteiger partial charge on any atom is -0.319 e. The first-order chi connectivity index (χ1) is 7.71. The minimum absolute atomic E-state index is 0.179. The summed E-state index contributed by atoms with van der Waals surface area (Å²) in [5.74, 6) is 0.190. The molecule has 0 saturated carbocycles. The maximum atomic E-state index is 11.9. The molecular weight excluding hydrogens is 234 g/mol. The molecule has 3 N–H and O–H groups in total. The predicted octanol–water partition coefficient (Wildman–Crippen LogP) is 2.58. The van der Waals surface area contributed by atoms with Crippen molar-refractivity contribution in [2.75, 3.05) is 5.32 Å². The van der Waals surface area contributed by atoms with Crippen molar-refractivity contribution in [2.45, 2.75) is 46.6 Å². The van der Waals surface area contributed by atoms with Gasteiger partial charge in [0.15, 0.2) is 5.13 Å². The van der Waals surface area contributed by atoms with Gasteiger partial charge in [-0.1, -0.05) is 34.6 Å². The van der Waals surface area contributed by atoms with Crippen LogP contribution in [0.1, 0.15) is 46.2 Å². The van der Waals surface area contributed by atoms with Gasteiger partial charge in [-0.05, 0) is 11.3 Å². The summed E-state index contributed by atoms with van der Waals surface area (Å²) in [5, 5.41) is 5.35. The summed E-state index contributed by atoms with van der Waals surface area (Å²) in [4.78, 5) is 16.2. The first-order valence-corrected chi connectivity index (χ1v) is 6.61. The summed E-state index contributed by atoms with van der Waals surface area (Å²) in [6.07, 6.45) is 0. The van der Waals surface area contributed by atoms with Crippen molar-refractivity contribution in [1.29, 1.82) is 0 Å². The van der Waals surface area contributed by atoms with Crippen LogP contribution in [0.4, 0.5) is 5.13 Å². The lowest BCUT2D eigenvalue weighted by Crippen LogP contribution is -2.45. The van der Waals surface area contributed by atoms with E-state index in [4.69, 9.17) is 5.73 Å². The molecule has 0 aliphatic heterocycles. The molecule has 4 nitrogen and oxygen atoms in total. The molecule has 0 bridgehead atoms. The van der Waals surface area contributed by atoms with Crippen LogP contribution in [-0.2, 0) is 4.79 Å². The fraction of sp³-hybridized carbons (Fsp3) is 0.667. The molecule has 1 aromatic heterocycles. The highest BCUT2D eigenvalue weighted by Gasteiger charge is 2.27. The summed E-state index contributed by atoms with van der Waals surface area (Å²) in [5.41, 5.74) is 6.62. The zero-order valence-electron chi connectivity index (χ0n) is 11.1. The van der Waals surface area contributed by atoms with Gasteiger partial charge in [0.25, 0.3) is 0 Å². The molecule has 96 valence electrons. The smallest absolute Gasteiger partial charge is 0.243 e. The van der Waals surface area contributed by atoms with Gasteiger partial charge in [-0.3, -0.25) is 4.79 Å². The summed E-state index contributed by atoms with van der Waals surface area (Å²) >= 11 is 1.44. The molecule has 0 unspecified atom stereocenters. The van der Waals surface area contributed by atoms with E-state index in [1.54, 1.807) is 0 Å². The number of amides is 1. The third kappa shape index (κ3) is 3.78. The number of hydrogen-bond donors (Lipinski definition) is 2. The lowest BCUT2D eigenvalue weighted by molar-refractivity contribution is -0.119. The number of carbonyl (C=O) groups excluding carboxylic acids is 1. The highest BCUT2D eigenvalue weighted by Crippen LogP contribution is 2.23. The van der Waals surface area contributed by atoms with Gasteiger partial charge in [-0.25, -0.2) is 4.98 Å². The normalized spacial score (nSPS) is 13.8. The van der Waals surface area contributed by atoms with Crippen molar-refractivity contribution in [3.05, 3.63) is 11.1 Å².